The standard InChI is InChI=1S/C17H18ClF3N6O3/c18-13-2-1-11(9-12(13)17(19,20)21)24-15-14(27(29)30)16(23-10-22-15)26-5-3-25(4-6-26)7-8-28/h1-2,9-10,28H,3-8H2,(H,22,23,24). The highest BCUT2D eigenvalue weighted by Crippen LogP contribution is 2.38. The molecule has 1 aromatic carbocycles. The number of hydrogen-bond acceptors (Lipinski definition) is 8. The molecular formula is C17H18ClF3N6O3. The van der Waals surface area contributed by atoms with Crippen molar-refractivity contribution in [2.75, 3.05) is 49.5 Å². The van der Waals surface area contributed by atoms with E-state index in [4.69, 9.17) is 16.7 Å². The maximum atomic E-state index is 13.1. The van der Waals surface area contributed by atoms with E-state index in [1.54, 1.807) is 4.90 Å². The summed E-state index contributed by atoms with van der Waals surface area (Å²) < 4.78 is 39.3. The highest BCUT2D eigenvalue weighted by Gasteiger charge is 2.34. The Kier molecular flexibility index (Phi) is 6.58. The zero-order chi connectivity index (χ0) is 21.9. The molecule has 1 fully saturated rings. The third-order valence-electron chi connectivity index (χ3n) is 4.61. The molecule has 1 aromatic heterocycles. The third kappa shape index (κ3) is 4.89. The molecule has 2 N–H and O–H groups in total. The molecule has 0 spiro atoms. The van der Waals surface area contributed by atoms with Crippen LogP contribution in [0, 0.1) is 10.1 Å². The van der Waals surface area contributed by atoms with Crippen molar-refractivity contribution in [3.8, 4) is 0 Å². The first kappa shape index (κ1) is 22.0. The zero-order valence-electron chi connectivity index (χ0n) is 15.6. The Balaban J connectivity index is 1.90. The summed E-state index contributed by atoms with van der Waals surface area (Å²) in [7, 11) is 0. The van der Waals surface area contributed by atoms with E-state index in [1.807, 2.05) is 4.90 Å². The number of benzene rings is 1. The molecule has 30 heavy (non-hydrogen) atoms. The van der Waals surface area contributed by atoms with E-state index in [9.17, 15) is 23.3 Å². The van der Waals surface area contributed by atoms with Crippen molar-refractivity contribution in [1.82, 2.24) is 14.9 Å². The van der Waals surface area contributed by atoms with Crippen LogP contribution in [-0.4, -0.2) is 64.2 Å². The van der Waals surface area contributed by atoms with Crippen molar-refractivity contribution in [1.29, 1.82) is 0 Å². The van der Waals surface area contributed by atoms with Gasteiger partial charge in [0, 0.05) is 38.4 Å². The van der Waals surface area contributed by atoms with Gasteiger partial charge in [0.25, 0.3) is 0 Å². The van der Waals surface area contributed by atoms with Crippen molar-refractivity contribution < 1.29 is 23.2 Å². The van der Waals surface area contributed by atoms with E-state index in [0.29, 0.717) is 32.7 Å². The first-order valence-electron chi connectivity index (χ1n) is 8.92. The highest BCUT2D eigenvalue weighted by molar-refractivity contribution is 6.31. The van der Waals surface area contributed by atoms with Gasteiger partial charge in [-0.05, 0) is 18.2 Å². The molecular weight excluding hydrogens is 429 g/mol. The number of nitrogens with one attached hydrogen (secondary N) is 1. The van der Waals surface area contributed by atoms with Gasteiger partial charge in [-0.3, -0.25) is 15.0 Å². The summed E-state index contributed by atoms with van der Waals surface area (Å²) in [5.41, 5.74) is -1.55. The van der Waals surface area contributed by atoms with Crippen LogP contribution in [0.5, 0.6) is 0 Å². The minimum atomic E-state index is -4.67. The smallest absolute Gasteiger partial charge is 0.395 e. The van der Waals surface area contributed by atoms with Gasteiger partial charge >= 0.3 is 11.9 Å². The zero-order valence-corrected chi connectivity index (χ0v) is 16.3. The number of nitrogens with zero attached hydrogens (tertiary/aromatic N) is 5. The summed E-state index contributed by atoms with van der Waals surface area (Å²) in [6.07, 6.45) is -3.56. The van der Waals surface area contributed by atoms with Crippen molar-refractivity contribution in [3.05, 3.63) is 45.2 Å². The Hall–Kier alpha value is -2.70. The molecule has 13 heteroatoms. The molecule has 2 aromatic rings. The molecule has 0 aliphatic carbocycles. The van der Waals surface area contributed by atoms with E-state index in [-0.39, 0.29) is 23.9 Å². The Morgan fingerprint density at radius 1 is 1.23 bits per heavy atom. The molecule has 0 unspecified atom stereocenters. The predicted octanol–water partition coefficient (Wildman–Crippen LogP) is 2.91. The maximum Gasteiger partial charge on any atom is 0.417 e. The van der Waals surface area contributed by atoms with Gasteiger partial charge in [-0.1, -0.05) is 11.6 Å². The van der Waals surface area contributed by atoms with Crippen LogP contribution in [0.25, 0.3) is 0 Å². The van der Waals surface area contributed by atoms with Crippen molar-refractivity contribution in [2.45, 2.75) is 6.18 Å². The van der Waals surface area contributed by atoms with Gasteiger partial charge < -0.3 is 15.3 Å². The van der Waals surface area contributed by atoms with Gasteiger partial charge in [0.1, 0.15) is 6.33 Å². The number of alkyl halides is 3. The number of piperazine rings is 1. The lowest BCUT2D eigenvalue weighted by Crippen LogP contribution is -2.47. The monoisotopic (exact) mass is 446 g/mol. The van der Waals surface area contributed by atoms with Crippen molar-refractivity contribution in [2.24, 2.45) is 0 Å². The SMILES string of the molecule is O=[N+]([O-])c1c(Nc2ccc(Cl)c(C(F)(F)F)c2)ncnc1N1CCN(CCO)CC1. The van der Waals surface area contributed by atoms with Crippen molar-refractivity contribution >= 4 is 34.6 Å². The topological polar surface area (TPSA) is 108 Å². The first-order valence-corrected chi connectivity index (χ1v) is 9.30. The molecule has 2 heterocycles. The van der Waals surface area contributed by atoms with E-state index in [2.05, 4.69) is 15.3 Å². The van der Waals surface area contributed by atoms with Gasteiger partial charge in [0.2, 0.25) is 11.6 Å². The summed E-state index contributed by atoms with van der Waals surface area (Å²) >= 11 is 5.62. The van der Waals surface area contributed by atoms with Crippen molar-refractivity contribution in [3.63, 3.8) is 0 Å². The Morgan fingerprint density at radius 2 is 1.93 bits per heavy atom. The average molecular weight is 447 g/mol. The molecule has 0 atom stereocenters. The van der Waals surface area contributed by atoms with E-state index < -0.39 is 27.4 Å². The summed E-state index contributed by atoms with van der Waals surface area (Å²) in [6.45, 7) is 2.56. The number of anilines is 3. The van der Waals surface area contributed by atoms with E-state index >= 15 is 0 Å². The van der Waals surface area contributed by atoms with Crippen LogP contribution in [0.1, 0.15) is 5.56 Å². The van der Waals surface area contributed by atoms with E-state index in [0.717, 1.165) is 18.5 Å². The fourth-order valence-corrected chi connectivity index (χ4v) is 3.37. The predicted molar refractivity (Wildman–Crippen MR) is 104 cm³/mol. The quantitative estimate of drug-likeness (QED) is 0.515. The molecule has 9 nitrogen and oxygen atoms in total. The Bertz CT molecular complexity index is 922. The Labute approximate surface area is 174 Å². The van der Waals surface area contributed by atoms with Gasteiger partial charge in [-0.15, -0.1) is 0 Å². The highest BCUT2D eigenvalue weighted by atomic mass is 35.5. The summed E-state index contributed by atoms with van der Waals surface area (Å²) in [5, 5.41) is 22.9. The number of β-amino-alcohol motifs (C(OH)–C–C–N with tert-alkyl or cyclic N) is 1. The first-order chi connectivity index (χ1) is 14.2. The second-order valence-corrected chi connectivity index (χ2v) is 6.93. The van der Waals surface area contributed by atoms with Crippen LogP contribution in [0.15, 0.2) is 24.5 Å². The summed E-state index contributed by atoms with van der Waals surface area (Å²) in [4.78, 5) is 22.7. The largest absolute Gasteiger partial charge is 0.417 e. The molecule has 3 rings (SSSR count). The molecule has 0 saturated carbocycles. The Morgan fingerprint density at radius 3 is 2.53 bits per heavy atom. The summed E-state index contributed by atoms with van der Waals surface area (Å²) in [6, 6.07) is 3.10. The lowest BCUT2D eigenvalue weighted by atomic mass is 10.2. The minimum absolute atomic E-state index is 0.0166. The molecule has 0 radical (unpaired) electrons. The number of aliphatic hydroxyl groups excluding tert-OH is 1. The molecule has 162 valence electrons. The number of nitro groups is 1. The van der Waals surface area contributed by atoms with E-state index in [1.165, 1.54) is 6.07 Å². The fourth-order valence-electron chi connectivity index (χ4n) is 3.14. The van der Waals surface area contributed by atoms with Crippen LogP contribution in [0.3, 0.4) is 0 Å². The van der Waals surface area contributed by atoms with Crippen LogP contribution >= 0.6 is 11.6 Å². The van der Waals surface area contributed by atoms with Crippen LogP contribution in [-0.2, 0) is 6.18 Å². The van der Waals surface area contributed by atoms with Gasteiger partial charge in [-0.2, -0.15) is 13.2 Å². The minimum Gasteiger partial charge on any atom is -0.395 e. The number of rotatable bonds is 6. The second kappa shape index (κ2) is 8.98. The fraction of sp³-hybridized carbons (Fsp3) is 0.412. The average Bonchev–Trinajstić information content (AvgIpc) is 2.69. The molecule has 0 amide bonds. The van der Waals surface area contributed by atoms with Crippen LogP contribution in [0.4, 0.5) is 36.2 Å². The third-order valence-corrected chi connectivity index (χ3v) is 4.94. The van der Waals surface area contributed by atoms with Crippen LogP contribution < -0.4 is 10.2 Å². The number of aromatic nitrogens is 2. The molecule has 0 bridgehead atoms. The molecule has 1 aliphatic rings. The lowest BCUT2D eigenvalue weighted by Gasteiger charge is -2.34. The van der Waals surface area contributed by atoms with Gasteiger partial charge in [0.05, 0.1) is 22.1 Å². The number of halogens is 4. The van der Waals surface area contributed by atoms with Gasteiger partial charge in [0.15, 0.2) is 0 Å². The second-order valence-electron chi connectivity index (χ2n) is 6.52. The van der Waals surface area contributed by atoms with Crippen LogP contribution in [0.2, 0.25) is 5.02 Å². The number of aliphatic hydroxyl groups is 1. The normalized spacial score (nSPS) is 15.3. The maximum absolute atomic E-state index is 13.1. The summed E-state index contributed by atoms with van der Waals surface area (Å²) in [5.74, 6) is -0.149. The lowest BCUT2D eigenvalue weighted by molar-refractivity contribution is -0.383. The molecule has 1 saturated heterocycles. The molecule has 1 aliphatic heterocycles. The van der Waals surface area contributed by atoms with Gasteiger partial charge in [-0.25, -0.2) is 9.97 Å². The number of hydrogen-bond donors (Lipinski definition) is 2.